The van der Waals surface area contributed by atoms with Gasteiger partial charge in [0.2, 0.25) is 0 Å². The van der Waals surface area contributed by atoms with Crippen LogP contribution in [0.1, 0.15) is 0 Å². The number of benzene rings is 1. The van der Waals surface area contributed by atoms with Crippen LogP contribution in [-0.2, 0) is 13.6 Å². The zero-order chi connectivity index (χ0) is 11.0. The summed E-state index contributed by atoms with van der Waals surface area (Å²) in [6.07, 6.45) is 0. The minimum atomic E-state index is -0.253. The van der Waals surface area contributed by atoms with Gasteiger partial charge in [-0.1, -0.05) is 0 Å². The van der Waals surface area contributed by atoms with E-state index >= 15 is 0 Å². The van der Waals surface area contributed by atoms with Crippen molar-refractivity contribution >= 4 is 11.0 Å². The molecule has 0 spiro atoms. The van der Waals surface area contributed by atoms with Gasteiger partial charge in [-0.3, -0.25) is 9.13 Å². The van der Waals surface area contributed by atoms with E-state index in [4.69, 9.17) is 5.26 Å². The van der Waals surface area contributed by atoms with E-state index < -0.39 is 0 Å². The highest BCUT2D eigenvalue weighted by molar-refractivity contribution is 5.77. The lowest BCUT2D eigenvalue weighted by Gasteiger charge is -1.96. The molecule has 76 valence electrons. The Balaban J connectivity index is 2.90. The van der Waals surface area contributed by atoms with E-state index in [1.54, 1.807) is 13.1 Å². The smallest absolute Gasteiger partial charge is 0.329 e. The summed E-state index contributed by atoms with van der Waals surface area (Å²) in [4.78, 5) is 11.7. The highest BCUT2D eigenvalue weighted by atomic mass is 16.3. The standard InChI is InChI=1S/C10H9N3O2/c1-12-8-3-2-7(14)6-9(8)13(5-4-11)10(12)15/h2-3,6,14H,5H2,1H3. The fraction of sp³-hybridized carbons (Fsp3) is 0.200. The van der Waals surface area contributed by atoms with Gasteiger partial charge in [-0.2, -0.15) is 5.26 Å². The molecule has 0 aliphatic rings. The fourth-order valence-electron chi connectivity index (χ4n) is 1.62. The fourth-order valence-corrected chi connectivity index (χ4v) is 1.62. The van der Waals surface area contributed by atoms with E-state index in [1.165, 1.54) is 21.3 Å². The van der Waals surface area contributed by atoms with Gasteiger partial charge >= 0.3 is 5.69 Å². The summed E-state index contributed by atoms with van der Waals surface area (Å²) >= 11 is 0. The molecule has 15 heavy (non-hydrogen) atoms. The Morgan fingerprint density at radius 3 is 2.87 bits per heavy atom. The number of aryl methyl sites for hydroxylation is 1. The summed E-state index contributed by atoms with van der Waals surface area (Å²) < 4.78 is 2.78. The molecule has 1 aromatic carbocycles. The first-order chi connectivity index (χ1) is 7.15. The van der Waals surface area contributed by atoms with Gasteiger partial charge in [0, 0.05) is 13.1 Å². The molecule has 0 atom stereocenters. The highest BCUT2D eigenvalue weighted by Crippen LogP contribution is 2.18. The van der Waals surface area contributed by atoms with Crippen LogP contribution in [0.15, 0.2) is 23.0 Å². The van der Waals surface area contributed by atoms with Crippen LogP contribution in [0.4, 0.5) is 0 Å². The van der Waals surface area contributed by atoms with E-state index in [0.29, 0.717) is 11.0 Å². The number of imidazole rings is 1. The maximum absolute atomic E-state index is 11.7. The molecule has 5 heteroatoms. The number of hydrogen-bond donors (Lipinski definition) is 1. The minimum absolute atomic E-state index is 0.0143. The van der Waals surface area contributed by atoms with Crippen LogP contribution in [0.25, 0.3) is 11.0 Å². The van der Waals surface area contributed by atoms with Gasteiger partial charge in [0.1, 0.15) is 12.3 Å². The Labute approximate surface area is 85.4 Å². The Hall–Kier alpha value is -2.22. The molecule has 1 heterocycles. The Morgan fingerprint density at radius 1 is 1.47 bits per heavy atom. The molecule has 0 bridgehead atoms. The van der Waals surface area contributed by atoms with Crippen LogP contribution in [-0.4, -0.2) is 14.2 Å². The second-order valence-electron chi connectivity index (χ2n) is 3.26. The van der Waals surface area contributed by atoms with E-state index in [1.807, 2.05) is 6.07 Å². The number of aromatic hydroxyl groups is 1. The molecule has 0 saturated heterocycles. The molecular weight excluding hydrogens is 194 g/mol. The molecule has 1 N–H and O–H groups in total. The van der Waals surface area contributed by atoms with Crippen molar-refractivity contribution in [1.29, 1.82) is 5.26 Å². The summed E-state index contributed by atoms with van der Waals surface area (Å²) in [5.74, 6) is 0.0831. The number of phenolic OH excluding ortho intramolecular Hbond substituents is 1. The van der Waals surface area contributed by atoms with E-state index in [0.717, 1.165) is 0 Å². The molecule has 1 aromatic heterocycles. The lowest BCUT2D eigenvalue weighted by atomic mass is 10.3. The first kappa shape index (κ1) is 9.34. The number of nitriles is 1. The minimum Gasteiger partial charge on any atom is -0.508 e. The topological polar surface area (TPSA) is 71.0 Å². The van der Waals surface area contributed by atoms with Gasteiger partial charge < -0.3 is 5.11 Å². The third kappa shape index (κ3) is 1.27. The second kappa shape index (κ2) is 3.17. The van der Waals surface area contributed by atoms with Gasteiger partial charge in [-0.05, 0) is 12.1 Å². The van der Waals surface area contributed by atoms with Gasteiger partial charge in [0.25, 0.3) is 0 Å². The number of fused-ring (bicyclic) bond motifs is 1. The summed E-state index contributed by atoms with van der Waals surface area (Å²) in [7, 11) is 1.63. The van der Waals surface area contributed by atoms with Crippen LogP contribution in [0.5, 0.6) is 5.75 Å². The quantitative estimate of drug-likeness (QED) is 0.736. The lowest BCUT2D eigenvalue weighted by Crippen LogP contribution is -2.21. The third-order valence-electron chi connectivity index (χ3n) is 2.36. The predicted molar refractivity (Wildman–Crippen MR) is 54.5 cm³/mol. The summed E-state index contributed by atoms with van der Waals surface area (Å²) in [6, 6.07) is 6.56. The molecule has 0 fully saturated rings. The van der Waals surface area contributed by atoms with Gasteiger partial charge in [-0.15, -0.1) is 0 Å². The molecule has 0 aliphatic heterocycles. The van der Waals surface area contributed by atoms with E-state index in [-0.39, 0.29) is 18.0 Å². The van der Waals surface area contributed by atoms with Crippen molar-refractivity contribution in [3.63, 3.8) is 0 Å². The first-order valence-electron chi connectivity index (χ1n) is 4.40. The van der Waals surface area contributed by atoms with Crippen molar-refractivity contribution in [3.05, 3.63) is 28.7 Å². The Kier molecular flexibility index (Phi) is 1.97. The number of aromatic nitrogens is 2. The largest absolute Gasteiger partial charge is 0.508 e. The van der Waals surface area contributed by atoms with Crippen LogP contribution in [0.2, 0.25) is 0 Å². The Morgan fingerprint density at radius 2 is 2.20 bits per heavy atom. The normalized spacial score (nSPS) is 10.4. The second-order valence-corrected chi connectivity index (χ2v) is 3.26. The van der Waals surface area contributed by atoms with Gasteiger partial charge in [-0.25, -0.2) is 4.79 Å². The van der Waals surface area contributed by atoms with Crippen molar-refractivity contribution in [2.45, 2.75) is 6.54 Å². The van der Waals surface area contributed by atoms with Gasteiger partial charge in [0.15, 0.2) is 0 Å². The van der Waals surface area contributed by atoms with Gasteiger partial charge in [0.05, 0.1) is 17.1 Å². The van der Waals surface area contributed by atoms with Crippen molar-refractivity contribution < 1.29 is 5.11 Å². The Bertz CT molecular complexity index is 616. The molecule has 0 radical (unpaired) electrons. The molecule has 0 aliphatic carbocycles. The van der Waals surface area contributed by atoms with Crippen LogP contribution >= 0.6 is 0 Å². The van der Waals surface area contributed by atoms with E-state index in [9.17, 15) is 9.90 Å². The number of nitrogens with zero attached hydrogens (tertiary/aromatic N) is 3. The highest BCUT2D eigenvalue weighted by Gasteiger charge is 2.10. The molecule has 2 aromatic rings. The maximum atomic E-state index is 11.7. The average molecular weight is 203 g/mol. The molecular formula is C10H9N3O2. The summed E-state index contributed by atoms with van der Waals surface area (Å²) in [5.41, 5.74) is 1.02. The predicted octanol–water partition coefficient (Wildman–Crippen LogP) is 0.569. The monoisotopic (exact) mass is 203 g/mol. The van der Waals surface area contributed by atoms with Crippen molar-refractivity contribution in [2.75, 3.05) is 0 Å². The summed E-state index contributed by atoms with van der Waals surface area (Å²) in [5, 5.41) is 17.9. The lowest BCUT2D eigenvalue weighted by molar-refractivity contribution is 0.476. The third-order valence-corrected chi connectivity index (χ3v) is 2.36. The van der Waals surface area contributed by atoms with Crippen molar-refractivity contribution in [2.24, 2.45) is 7.05 Å². The number of phenols is 1. The first-order valence-corrected chi connectivity index (χ1v) is 4.40. The molecule has 0 amide bonds. The number of rotatable bonds is 1. The molecule has 0 saturated carbocycles. The van der Waals surface area contributed by atoms with Crippen molar-refractivity contribution in [3.8, 4) is 11.8 Å². The summed E-state index contributed by atoms with van der Waals surface area (Å²) in [6.45, 7) is -0.0143. The zero-order valence-electron chi connectivity index (χ0n) is 8.14. The maximum Gasteiger partial charge on any atom is 0.329 e. The molecule has 5 nitrogen and oxygen atoms in total. The molecule has 2 rings (SSSR count). The zero-order valence-corrected chi connectivity index (χ0v) is 8.14. The van der Waals surface area contributed by atoms with E-state index in [2.05, 4.69) is 0 Å². The SMILES string of the molecule is Cn1c(=O)n(CC#N)c2cc(O)ccc21. The van der Waals surface area contributed by atoms with Crippen LogP contribution in [0.3, 0.4) is 0 Å². The number of hydrogen-bond acceptors (Lipinski definition) is 3. The molecule has 0 unspecified atom stereocenters. The van der Waals surface area contributed by atoms with Crippen LogP contribution < -0.4 is 5.69 Å². The average Bonchev–Trinajstić information content (AvgIpc) is 2.44. The van der Waals surface area contributed by atoms with Crippen LogP contribution in [0, 0.1) is 11.3 Å². The van der Waals surface area contributed by atoms with Crippen molar-refractivity contribution in [1.82, 2.24) is 9.13 Å².